The standard InChI is InChI=1S/C26H31NO5S/c1-24-10-8-17(28)13-16(24)6-7-18-19-9-11-26(31,25(19,2)14-20(29)23(18)24)21(30)15-33-22-5-3-4-12-27(22)32/h3-5,8,10,12-13,18-20,23,29,31H,6-7,9,11,14-15H2,1-2H3/t18?,19?,20?,23?,24?,25?,26-/m0/s1. The molecule has 7 atom stereocenters. The van der Waals surface area contributed by atoms with E-state index in [0.29, 0.717) is 17.9 Å². The Morgan fingerprint density at radius 3 is 2.85 bits per heavy atom. The van der Waals surface area contributed by atoms with E-state index in [1.165, 1.54) is 6.20 Å². The maximum absolute atomic E-state index is 13.4. The summed E-state index contributed by atoms with van der Waals surface area (Å²) in [6.07, 6.45) is 9.15. The van der Waals surface area contributed by atoms with Gasteiger partial charge >= 0.3 is 0 Å². The number of thioether (sulfide) groups is 1. The first-order chi connectivity index (χ1) is 15.6. The zero-order valence-corrected chi connectivity index (χ0v) is 19.9. The molecule has 0 saturated heterocycles. The van der Waals surface area contributed by atoms with Gasteiger partial charge in [0.05, 0.1) is 11.9 Å². The highest BCUT2D eigenvalue weighted by molar-refractivity contribution is 7.99. The molecule has 0 aromatic carbocycles. The van der Waals surface area contributed by atoms with Crippen molar-refractivity contribution < 1.29 is 24.5 Å². The van der Waals surface area contributed by atoms with Crippen molar-refractivity contribution in [3.63, 3.8) is 0 Å². The molecular weight excluding hydrogens is 438 g/mol. The molecule has 5 rings (SSSR count). The van der Waals surface area contributed by atoms with E-state index in [4.69, 9.17) is 0 Å². The summed E-state index contributed by atoms with van der Waals surface area (Å²) in [6.45, 7) is 4.09. The van der Waals surface area contributed by atoms with Crippen LogP contribution in [0.2, 0.25) is 0 Å². The first kappa shape index (κ1) is 22.8. The van der Waals surface area contributed by atoms with Gasteiger partial charge in [0, 0.05) is 28.9 Å². The number of Topliss-reactive ketones (excluding diaryl/α,β-unsaturated/α-hetero) is 1. The quantitative estimate of drug-likeness (QED) is 0.399. The fourth-order valence-corrected chi connectivity index (χ4v) is 8.45. The number of aliphatic hydroxyl groups excluding tert-OH is 1. The van der Waals surface area contributed by atoms with Gasteiger partial charge in [-0.3, -0.25) is 9.59 Å². The lowest BCUT2D eigenvalue weighted by atomic mass is 9.46. The Morgan fingerprint density at radius 1 is 1.30 bits per heavy atom. The normalized spacial score (nSPS) is 41.7. The summed E-state index contributed by atoms with van der Waals surface area (Å²) in [5.41, 5.74) is -1.52. The van der Waals surface area contributed by atoms with E-state index >= 15 is 0 Å². The van der Waals surface area contributed by atoms with Crippen LogP contribution >= 0.6 is 11.8 Å². The number of pyridine rings is 1. The number of carbonyl (C=O) groups is 2. The zero-order chi connectivity index (χ0) is 23.6. The number of ketones is 2. The van der Waals surface area contributed by atoms with Gasteiger partial charge in [-0.1, -0.05) is 25.5 Å². The molecule has 1 aromatic rings. The van der Waals surface area contributed by atoms with Gasteiger partial charge in [-0.05, 0) is 73.9 Å². The van der Waals surface area contributed by atoms with Crippen LogP contribution in [0.4, 0.5) is 0 Å². The first-order valence-corrected chi connectivity index (χ1v) is 12.8. The molecular formula is C26H31NO5S. The van der Waals surface area contributed by atoms with E-state index in [-0.39, 0.29) is 40.5 Å². The van der Waals surface area contributed by atoms with Crippen molar-refractivity contribution in [3.05, 3.63) is 53.4 Å². The number of fused-ring (bicyclic) bond motifs is 5. The second-order valence-electron chi connectivity index (χ2n) is 10.7. The summed E-state index contributed by atoms with van der Waals surface area (Å²) < 4.78 is 0.729. The second-order valence-corrected chi connectivity index (χ2v) is 11.7. The molecule has 0 amide bonds. The molecule has 4 aliphatic rings. The summed E-state index contributed by atoms with van der Waals surface area (Å²) >= 11 is 1.15. The van der Waals surface area contributed by atoms with Crippen LogP contribution in [0.3, 0.4) is 0 Å². The number of allylic oxidation sites excluding steroid dienone is 4. The molecule has 33 heavy (non-hydrogen) atoms. The third kappa shape index (κ3) is 3.27. The predicted octanol–water partition coefficient (Wildman–Crippen LogP) is 2.99. The Labute approximate surface area is 198 Å². The van der Waals surface area contributed by atoms with Crippen LogP contribution in [0.15, 0.2) is 53.2 Å². The lowest BCUT2D eigenvalue weighted by Crippen LogP contribution is -2.61. The summed E-state index contributed by atoms with van der Waals surface area (Å²) in [5, 5.41) is 35.6. The lowest BCUT2D eigenvalue weighted by molar-refractivity contribution is -0.645. The van der Waals surface area contributed by atoms with Crippen molar-refractivity contribution in [2.75, 3.05) is 5.75 Å². The van der Waals surface area contributed by atoms with Crippen LogP contribution in [0.5, 0.6) is 0 Å². The number of nitrogens with zero attached hydrogens (tertiary/aromatic N) is 1. The van der Waals surface area contributed by atoms with Gasteiger partial charge in [0.15, 0.2) is 17.8 Å². The van der Waals surface area contributed by atoms with E-state index in [1.807, 2.05) is 13.0 Å². The topological polar surface area (TPSA) is 102 Å². The van der Waals surface area contributed by atoms with Gasteiger partial charge in [-0.15, -0.1) is 0 Å². The van der Waals surface area contributed by atoms with E-state index in [2.05, 4.69) is 6.92 Å². The maximum Gasteiger partial charge on any atom is 0.251 e. The lowest BCUT2D eigenvalue weighted by Gasteiger charge is -2.59. The molecule has 7 heteroatoms. The number of hydrogen-bond acceptors (Lipinski definition) is 6. The van der Waals surface area contributed by atoms with Crippen LogP contribution in [0.1, 0.15) is 46.0 Å². The van der Waals surface area contributed by atoms with Crippen molar-refractivity contribution in [1.29, 1.82) is 0 Å². The Kier molecular flexibility index (Phi) is 5.38. The number of rotatable bonds is 4. The summed E-state index contributed by atoms with van der Waals surface area (Å²) in [6, 6.07) is 5.05. The highest BCUT2D eigenvalue weighted by atomic mass is 32.2. The largest absolute Gasteiger partial charge is 0.618 e. The highest BCUT2D eigenvalue weighted by Gasteiger charge is 2.68. The molecule has 176 valence electrons. The van der Waals surface area contributed by atoms with Crippen LogP contribution in [-0.2, 0) is 9.59 Å². The van der Waals surface area contributed by atoms with Crippen molar-refractivity contribution in [2.24, 2.45) is 28.6 Å². The van der Waals surface area contributed by atoms with Crippen molar-refractivity contribution >= 4 is 23.3 Å². The molecule has 3 saturated carbocycles. The molecule has 4 aliphatic carbocycles. The Balaban J connectivity index is 1.41. The van der Waals surface area contributed by atoms with Crippen molar-refractivity contribution in [2.45, 2.75) is 62.7 Å². The molecule has 1 heterocycles. The SMILES string of the molecule is CC12C=CC(=O)C=C1CCC1C2C(O)CC2(C)C1CC[C@]2(O)C(=O)CSc1cccc[n+]1[O-]. The third-order valence-corrected chi connectivity index (χ3v) is 10.3. The predicted molar refractivity (Wildman–Crippen MR) is 124 cm³/mol. The molecule has 0 bridgehead atoms. The average molecular weight is 470 g/mol. The van der Waals surface area contributed by atoms with Gasteiger partial charge in [-0.25, -0.2) is 0 Å². The molecule has 6 nitrogen and oxygen atoms in total. The molecule has 2 N–H and O–H groups in total. The third-order valence-electron chi connectivity index (χ3n) is 9.25. The minimum absolute atomic E-state index is 0.00668. The molecule has 0 aliphatic heterocycles. The van der Waals surface area contributed by atoms with Gasteiger partial charge in [-0.2, -0.15) is 4.73 Å². The molecule has 1 aromatic heterocycles. The van der Waals surface area contributed by atoms with Gasteiger partial charge < -0.3 is 15.4 Å². The Hall–Kier alpha value is -1.96. The Bertz CT molecular complexity index is 1070. The molecule has 6 unspecified atom stereocenters. The minimum Gasteiger partial charge on any atom is -0.618 e. The molecule has 3 fully saturated rings. The van der Waals surface area contributed by atoms with E-state index in [9.17, 15) is 25.0 Å². The second kappa shape index (κ2) is 7.79. The molecule has 0 spiro atoms. The van der Waals surface area contributed by atoms with Crippen LogP contribution in [0, 0.1) is 33.8 Å². The van der Waals surface area contributed by atoms with Crippen LogP contribution in [0.25, 0.3) is 0 Å². The van der Waals surface area contributed by atoms with Crippen LogP contribution < -0.4 is 4.73 Å². The molecule has 0 radical (unpaired) electrons. The van der Waals surface area contributed by atoms with Gasteiger partial charge in [0.25, 0.3) is 5.03 Å². The number of aromatic nitrogens is 1. The smallest absolute Gasteiger partial charge is 0.251 e. The van der Waals surface area contributed by atoms with Gasteiger partial charge in [0.2, 0.25) is 0 Å². The number of carbonyl (C=O) groups excluding carboxylic acids is 2. The summed E-state index contributed by atoms with van der Waals surface area (Å²) in [5.74, 6) is 0.0205. The zero-order valence-electron chi connectivity index (χ0n) is 19.1. The fourth-order valence-electron chi connectivity index (χ4n) is 7.57. The van der Waals surface area contributed by atoms with Crippen molar-refractivity contribution in [1.82, 2.24) is 0 Å². The van der Waals surface area contributed by atoms with Gasteiger partial charge in [0.1, 0.15) is 5.60 Å². The monoisotopic (exact) mass is 469 g/mol. The first-order valence-electron chi connectivity index (χ1n) is 11.8. The van der Waals surface area contributed by atoms with Crippen LogP contribution in [-0.4, -0.2) is 39.2 Å². The summed E-state index contributed by atoms with van der Waals surface area (Å²) in [4.78, 5) is 25.3. The minimum atomic E-state index is -1.52. The highest BCUT2D eigenvalue weighted by Crippen LogP contribution is 2.67. The van der Waals surface area contributed by atoms with E-state index < -0.39 is 17.1 Å². The van der Waals surface area contributed by atoms with Crippen molar-refractivity contribution in [3.8, 4) is 0 Å². The van der Waals surface area contributed by atoms with E-state index in [1.54, 1.807) is 30.4 Å². The Morgan fingerprint density at radius 2 is 2.09 bits per heavy atom. The maximum atomic E-state index is 13.4. The van der Waals surface area contributed by atoms with E-state index in [0.717, 1.165) is 41.3 Å². The number of hydrogen-bond donors (Lipinski definition) is 2. The summed E-state index contributed by atoms with van der Waals surface area (Å²) in [7, 11) is 0. The average Bonchev–Trinajstić information content (AvgIpc) is 3.04. The number of aliphatic hydroxyl groups is 2. The fraction of sp³-hybridized carbons (Fsp3) is 0.577.